The highest BCUT2D eigenvalue weighted by molar-refractivity contribution is 6.10. The van der Waals surface area contributed by atoms with E-state index < -0.39 is 0 Å². The van der Waals surface area contributed by atoms with Gasteiger partial charge in [-0.05, 0) is 48.4 Å². The molecule has 0 saturated carbocycles. The molecule has 0 aliphatic carbocycles. The van der Waals surface area contributed by atoms with Crippen molar-refractivity contribution in [3.05, 3.63) is 77.6 Å². The van der Waals surface area contributed by atoms with Crippen LogP contribution in [0.4, 0.5) is 11.6 Å². The Bertz CT molecular complexity index is 1130. The van der Waals surface area contributed by atoms with E-state index in [9.17, 15) is 14.7 Å². The number of nitrogens with two attached hydrogens (primary N) is 1. The molecule has 1 aliphatic rings. The third-order valence-electron chi connectivity index (χ3n) is 5.49. The van der Waals surface area contributed by atoms with Crippen LogP contribution in [0.5, 0.6) is 5.75 Å². The van der Waals surface area contributed by atoms with Crippen molar-refractivity contribution in [1.82, 2.24) is 14.9 Å². The zero-order chi connectivity index (χ0) is 22.5. The number of amides is 1. The number of rotatable bonds is 5. The predicted octanol–water partition coefficient (Wildman–Crippen LogP) is 2.28. The minimum absolute atomic E-state index is 0.0291. The van der Waals surface area contributed by atoms with Crippen molar-refractivity contribution in [1.29, 1.82) is 0 Å². The van der Waals surface area contributed by atoms with Gasteiger partial charge in [0.2, 0.25) is 11.7 Å². The summed E-state index contributed by atoms with van der Waals surface area (Å²) in [5, 5.41) is 9.62. The second-order valence-electron chi connectivity index (χ2n) is 7.71. The van der Waals surface area contributed by atoms with Crippen molar-refractivity contribution in [3.63, 3.8) is 0 Å². The highest BCUT2D eigenvalue weighted by Crippen LogP contribution is 2.19. The van der Waals surface area contributed by atoms with E-state index in [-0.39, 0.29) is 29.7 Å². The maximum Gasteiger partial charge on any atom is 0.227 e. The number of benzene rings is 1. The number of pyridine rings is 2. The van der Waals surface area contributed by atoms with Gasteiger partial charge in [0.1, 0.15) is 23.1 Å². The summed E-state index contributed by atoms with van der Waals surface area (Å²) in [6.45, 7) is 2.56. The van der Waals surface area contributed by atoms with Crippen molar-refractivity contribution in [2.45, 2.75) is 12.8 Å². The van der Waals surface area contributed by atoms with E-state index in [0.29, 0.717) is 36.7 Å². The summed E-state index contributed by atoms with van der Waals surface area (Å²) in [4.78, 5) is 38.1. The highest BCUT2D eigenvalue weighted by atomic mass is 16.3. The van der Waals surface area contributed by atoms with Gasteiger partial charge >= 0.3 is 0 Å². The lowest BCUT2D eigenvalue weighted by Gasteiger charge is -2.23. The number of carbonyl (C=O) groups excluding carboxylic acids is 2. The fourth-order valence-electron chi connectivity index (χ4n) is 3.82. The molecular weight excluding hydrogens is 406 g/mol. The third kappa shape index (κ3) is 4.85. The van der Waals surface area contributed by atoms with Gasteiger partial charge in [0.05, 0.1) is 12.0 Å². The smallest absolute Gasteiger partial charge is 0.227 e. The molecule has 3 N–H and O–H groups in total. The summed E-state index contributed by atoms with van der Waals surface area (Å²) in [6.07, 6.45) is 2.59. The summed E-state index contributed by atoms with van der Waals surface area (Å²) in [5.74, 6) is 0.795. The minimum atomic E-state index is -0.268. The molecule has 4 rings (SSSR count). The first kappa shape index (κ1) is 21.3. The number of hydrogen-bond acceptors (Lipinski definition) is 7. The quantitative estimate of drug-likeness (QED) is 0.596. The van der Waals surface area contributed by atoms with Gasteiger partial charge in [-0.15, -0.1) is 0 Å². The number of nitrogens with zero attached hydrogens (tertiary/aromatic N) is 4. The number of carbonyl (C=O) groups is 2. The van der Waals surface area contributed by atoms with Crippen LogP contribution < -0.4 is 10.6 Å². The molecule has 0 unspecified atom stereocenters. The first-order valence-electron chi connectivity index (χ1n) is 10.5. The number of aromatic nitrogens is 2. The summed E-state index contributed by atoms with van der Waals surface area (Å²) < 4.78 is 0. The fourth-order valence-corrected chi connectivity index (χ4v) is 3.82. The normalized spacial score (nSPS) is 14.1. The average molecular weight is 431 g/mol. The molecule has 0 atom stereocenters. The molecular formula is C24H25N5O3. The molecule has 3 heterocycles. The lowest BCUT2D eigenvalue weighted by Crippen LogP contribution is -2.36. The Balaban J connectivity index is 1.43. The first-order chi connectivity index (χ1) is 15.5. The van der Waals surface area contributed by atoms with Gasteiger partial charge < -0.3 is 20.6 Å². The van der Waals surface area contributed by atoms with E-state index in [0.717, 1.165) is 18.5 Å². The number of ketones is 1. The molecule has 1 aromatic carbocycles. The molecule has 164 valence electrons. The molecule has 1 fully saturated rings. The topological polar surface area (TPSA) is 113 Å². The van der Waals surface area contributed by atoms with Crippen LogP contribution in [0, 0.1) is 0 Å². The number of aromatic hydroxyl groups is 1. The number of anilines is 2. The third-order valence-corrected chi connectivity index (χ3v) is 5.49. The van der Waals surface area contributed by atoms with Crippen molar-refractivity contribution in [2.24, 2.45) is 0 Å². The second kappa shape index (κ2) is 9.47. The molecule has 0 radical (unpaired) electrons. The van der Waals surface area contributed by atoms with E-state index in [1.54, 1.807) is 48.7 Å². The Morgan fingerprint density at radius 3 is 2.66 bits per heavy atom. The molecule has 1 aliphatic heterocycles. The number of phenols is 1. The first-order valence-corrected chi connectivity index (χ1v) is 10.5. The zero-order valence-corrected chi connectivity index (χ0v) is 17.6. The average Bonchev–Trinajstić information content (AvgIpc) is 3.06. The van der Waals surface area contributed by atoms with Crippen LogP contribution >= 0.6 is 0 Å². The molecule has 0 spiro atoms. The van der Waals surface area contributed by atoms with Crippen LogP contribution in [0.3, 0.4) is 0 Å². The summed E-state index contributed by atoms with van der Waals surface area (Å²) in [6, 6.07) is 15.4. The van der Waals surface area contributed by atoms with E-state index >= 15 is 0 Å². The van der Waals surface area contributed by atoms with E-state index in [2.05, 4.69) is 14.9 Å². The van der Waals surface area contributed by atoms with Crippen molar-refractivity contribution in [2.75, 3.05) is 36.8 Å². The Hall–Kier alpha value is -3.94. The lowest BCUT2D eigenvalue weighted by molar-refractivity contribution is -0.130. The number of hydrogen-bond donors (Lipinski definition) is 2. The summed E-state index contributed by atoms with van der Waals surface area (Å²) >= 11 is 0. The fraction of sp³-hybridized carbons (Fsp3) is 0.250. The van der Waals surface area contributed by atoms with Crippen molar-refractivity contribution in [3.8, 4) is 5.75 Å². The van der Waals surface area contributed by atoms with Crippen LogP contribution in [-0.2, 0) is 11.2 Å². The second-order valence-corrected chi connectivity index (χ2v) is 7.71. The van der Waals surface area contributed by atoms with Crippen molar-refractivity contribution >= 4 is 23.3 Å². The van der Waals surface area contributed by atoms with Gasteiger partial charge in [0, 0.05) is 32.4 Å². The zero-order valence-electron chi connectivity index (χ0n) is 17.6. The van der Waals surface area contributed by atoms with Gasteiger partial charge in [-0.3, -0.25) is 9.59 Å². The number of nitrogen functional groups attached to an aromatic ring is 1. The Labute approximate surface area is 186 Å². The van der Waals surface area contributed by atoms with Crippen LogP contribution in [0.15, 0.2) is 60.8 Å². The molecule has 0 bridgehead atoms. The minimum Gasteiger partial charge on any atom is -0.508 e. The predicted molar refractivity (Wildman–Crippen MR) is 122 cm³/mol. The van der Waals surface area contributed by atoms with E-state index in [1.807, 2.05) is 17.0 Å². The summed E-state index contributed by atoms with van der Waals surface area (Å²) in [7, 11) is 0. The largest absolute Gasteiger partial charge is 0.508 e. The highest BCUT2D eigenvalue weighted by Gasteiger charge is 2.21. The molecule has 8 nitrogen and oxygen atoms in total. The van der Waals surface area contributed by atoms with E-state index in [1.165, 1.54) is 0 Å². The monoisotopic (exact) mass is 431 g/mol. The summed E-state index contributed by atoms with van der Waals surface area (Å²) in [5.41, 5.74) is 7.28. The number of phenolic OH excluding ortho intramolecular Hbond substituents is 1. The van der Waals surface area contributed by atoms with Crippen LogP contribution in [0.25, 0.3) is 0 Å². The Morgan fingerprint density at radius 1 is 1.00 bits per heavy atom. The van der Waals surface area contributed by atoms with Crippen molar-refractivity contribution < 1.29 is 14.7 Å². The molecule has 1 amide bonds. The molecule has 32 heavy (non-hydrogen) atoms. The molecule has 1 saturated heterocycles. The van der Waals surface area contributed by atoms with Gasteiger partial charge in [-0.25, -0.2) is 9.97 Å². The maximum absolute atomic E-state index is 12.8. The van der Waals surface area contributed by atoms with Gasteiger partial charge in [0.15, 0.2) is 0 Å². The van der Waals surface area contributed by atoms with Crippen LogP contribution in [-0.4, -0.2) is 57.8 Å². The molecule has 2 aromatic heterocycles. The molecule has 3 aromatic rings. The van der Waals surface area contributed by atoms with Gasteiger partial charge in [-0.2, -0.15) is 0 Å². The Morgan fingerprint density at radius 2 is 1.84 bits per heavy atom. The molecule has 8 heteroatoms. The van der Waals surface area contributed by atoms with Crippen LogP contribution in [0.1, 0.15) is 28.0 Å². The van der Waals surface area contributed by atoms with Crippen LogP contribution in [0.2, 0.25) is 0 Å². The van der Waals surface area contributed by atoms with Gasteiger partial charge in [0.25, 0.3) is 0 Å². The van der Waals surface area contributed by atoms with E-state index in [4.69, 9.17) is 5.73 Å². The van der Waals surface area contributed by atoms with Gasteiger partial charge in [-0.1, -0.05) is 18.2 Å². The Kier molecular flexibility index (Phi) is 6.30. The lowest BCUT2D eigenvalue weighted by atomic mass is 10.1. The standard InChI is InChI=1S/C24H25N5O3/c25-24-19(7-3-10-26-24)23(32)20-8-2-9-21(27-20)28-11-4-12-29(14-13-28)22(31)16-17-5-1-6-18(30)15-17/h1-3,5-10,15,30H,4,11-14,16H2,(H2,25,26). The SMILES string of the molecule is Nc1ncccc1C(=O)c1cccc(N2CCCN(C(=O)Cc3cccc(O)c3)CC2)n1. The maximum atomic E-state index is 12.8.